The van der Waals surface area contributed by atoms with Gasteiger partial charge in [0.2, 0.25) is 0 Å². The molecule has 0 fully saturated rings. The Hall–Kier alpha value is -1.84. The van der Waals surface area contributed by atoms with Crippen LogP contribution in [0.5, 0.6) is 0 Å². The number of esters is 1. The molecule has 2 aromatic rings. The van der Waals surface area contributed by atoms with Crippen molar-refractivity contribution < 1.29 is 13.9 Å². The molecule has 3 nitrogen and oxygen atoms in total. The summed E-state index contributed by atoms with van der Waals surface area (Å²) in [5.74, 6) is -0.815. The number of rotatable bonds is 1. The van der Waals surface area contributed by atoms with Gasteiger partial charge in [-0.1, -0.05) is 32.9 Å². The minimum atomic E-state index is -0.447. The predicted octanol–water partition coefficient (Wildman–Crippen LogP) is 3.39. The van der Waals surface area contributed by atoms with Crippen molar-refractivity contribution in [2.24, 2.45) is 0 Å². The molecule has 0 unspecified atom stereocenters. The molecule has 0 radical (unpaired) electrons. The smallest absolute Gasteiger partial charge is 0.340 e. The summed E-state index contributed by atoms with van der Waals surface area (Å²) in [6.45, 7) is 5.88. The molecule has 0 aliphatic rings. The normalized spacial score (nSPS) is 11.8. The molecular weight excluding hydrogens is 233 g/mol. The topological polar surface area (TPSA) is 42.1 Å². The lowest BCUT2D eigenvalue weighted by atomic mass is 9.89. The highest BCUT2D eigenvalue weighted by Gasteiger charge is 2.27. The highest BCUT2D eigenvalue weighted by molar-refractivity contribution is 6.06. The first-order valence-electron chi connectivity index (χ1n) is 5.75. The summed E-state index contributed by atoms with van der Waals surface area (Å²) < 4.78 is 18.5. The van der Waals surface area contributed by atoms with Gasteiger partial charge in [-0.3, -0.25) is 0 Å². The van der Waals surface area contributed by atoms with Gasteiger partial charge in [-0.2, -0.15) is 0 Å². The summed E-state index contributed by atoms with van der Waals surface area (Å²) >= 11 is 0. The molecule has 0 atom stereocenters. The first-order valence-corrected chi connectivity index (χ1v) is 5.75. The Balaban J connectivity index is 2.85. The Labute approximate surface area is 105 Å². The third kappa shape index (κ3) is 1.88. The lowest BCUT2D eigenvalue weighted by Gasteiger charge is -2.18. The van der Waals surface area contributed by atoms with Gasteiger partial charge in [0, 0.05) is 16.5 Å². The quantitative estimate of drug-likeness (QED) is 0.787. The summed E-state index contributed by atoms with van der Waals surface area (Å²) in [5.41, 5.74) is 1.16. The van der Waals surface area contributed by atoms with Crippen molar-refractivity contribution in [3.05, 3.63) is 35.3 Å². The van der Waals surface area contributed by atoms with Gasteiger partial charge in [0.1, 0.15) is 5.82 Å². The van der Waals surface area contributed by atoms with E-state index in [4.69, 9.17) is 4.74 Å². The van der Waals surface area contributed by atoms with Crippen LogP contribution >= 0.6 is 0 Å². The number of aromatic nitrogens is 1. The average Bonchev–Trinajstić information content (AvgIpc) is 2.68. The van der Waals surface area contributed by atoms with E-state index >= 15 is 0 Å². The fourth-order valence-corrected chi connectivity index (χ4v) is 2.06. The van der Waals surface area contributed by atoms with Crippen molar-refractivity contribution in [2.75, 3.05) is 7.11 Å². The maximum Gasteiger partial charge on any atom is 0.340 e. The van der Waals surface area contributed by atoms with Crippen molar-refractivity contribution >= 4 is 16.9 Å². The van der Waals surface area contributed by atoms with Gasteiger partial charge < -0.3 is 9.72 Å². The maximum atomic E-state index is 13.8. The third-order valence-electron chi connectivity index (χ3n) is 2.92. The zero-order valence-corrected chi connectivity index (χ0v) is 10.9. The first kappa shape index (κ1) is 12.6. The van der Waals surface area contributed by atoms with E-state index in [9.17, 15) is 9.18 Å². The molecule has 4 heteroatoms. The molecule has 1 N–H and O–H groups in total. The number of H-pyrrole nitrogens is 1. The number of ether oxygens (including phenoxy) is 1. The standard InChI is InChI=1S/C14H16FNO2/c1-14(2,3)12-10(13(17)18-4)8-6-5-7-9(15)11(8)16-12/h5-7,16H,1-4H3. The Morgan fingerprint density at radius 1 is 1.33 bits per heavy atom. The molecular formula is C14H16FNO2. The number of fused-ring (bicyclic) bond motifs is 1. The number of aromatic amines is 1. The van der Waals surface area contributed by atoms with Crippen LogP contribution < -0.4 is 0 Å². The Kier molecular flexibility index (Phi) is 2.89. The number of methoxy groups -OCH3 is 1. The Morgan fingerprint density at radius 2 is 2.00 bits per heavy atom. The van der Waals surface area contributed by atoms with Crippen LogP contribution in [-0.4, -0.2) is 18.1 Å². The van der Waals surface area contributed by atoms with Crippen LogP contribution in [0.1, 0.15) is 36.8 Å². The molecule has 0 bridgehead atoms. The molecule has 1 aromatic heterocycles. The number of halogens is 1. The summed E-state index contributed by atoms with van der Waals surface area (Å²) in [6, 6.07) is 4.67. The molecule has 1 heterocycles. The minimum Gasteiger partial charge on any atom is -0.465 e. The minimum absolute atomic E-state index is 0.297. The summed E-state index contributed by atoms with van der Waals surface area (Å²) in [6.07, 6.45) is 0. The number of carbonyl (C=O) groups excluding carboxylic acids is 1. The number of para-hydroxylation sites is 1. The number of hydrogen-bond donors (Lipinski definition) is 1. The van der Waals surface area contributed by atoms with E-state index in [1.54, 1.807) is 12.1 Å². The van der Waals surface area contributed by atoms with Gasteiger partial charge >= 0.3 is 5.97 Å². The highest BCUT2D eigenvalue weighted by Crippen LogP contribution is 2.32. The molecule has 0 saturated heterocycles. The van der Waals surface area contributed by atoms with E-state index in [0.717, 1.165) is 0 Å². The molecule has 0 amide bonds. The van der Waals surface area contributed by atoms with Crippen LogP contribution in [0.2, 0.25) is 0 Å². The van der Waals surface area contributed by atoms with E-state index < -0.39 is 5.97 Å². The van der Waals surface area contributed by atoms with Gasteiger partial charge in [-0.25, -0.2) is 9.18 Å². The van der Waals surface area contributed by atoms with Gasteiger partial charge in [0.25, 0.3) is 0 Å². The number of benzene rings is 1. The molecule has 0 spiro atoms. The molecule has 2 rings (SSSR count). The van der Waals surface area contributed by atoms with Crippen LogP contribution in [0.3, 0.4) is 0 Å². The van der Waals surface area contributed by atoms with Crippen LogP contribution in [0.4, 0.5) is 4.39 Å². The molecule has 96 valence electrons. The lowest BCUT2D eigenvalue weighted by Crippen LogP contribution is -2.17. The van der Waals surface area contributed by atoms with Crippen LogP contribution in [0.25, 0.3) is 10.9 Å². The second kappa shape index (κ2) is 4.12. The van der Waals surface area contributed by atoms with E-state index in [-0.39, 0.29) is 11.2 Å². The van der Waals surface area contributed by atoms with Crippen LogP contribution in [0, 0.1) is 5.82 Å². The van der Waals surface area contributed by atoms with Gasteiger partial charge in [-0.15, -0.1) is 0 Å². The molecule has 0 saturated carbocycles. The van der Waals surface area contributed by atoms with Crippen LogP contribution in [0.15, 0.2) is 18.2 Å². The number of nitrogens with one attached hydrogen (secondary N) is 1. The third-order valence-corrected chi connectivity index (χ3v) is 2.92. The van der Waals surface area contributed by atoms with Crippen LogP contribution in [-0.2, 0) is 10.2 Å². The largest absolute Gasteiger partial charge is 0.465 e. The van der Waals surface area contributed by atoms with Crippen molar-refractivity contribution in [3.63, 3.8) is 0 Å². The molecule has 1 aromatic carbocycles. The monoisotopic (exact) mass is 249 g/mol. The Bertz CT molecular complexity index is 608. The second-order valence-electron chi connectivity index (χ2n) is 5.28. The van der Waals surface area contributed by atoms with Crippen molar-refractivity contribution in [3.8, 4) is 0 Å². The molecule has 0 aliphatic carbocycles. The Morgan fingerprint density at radius 3 is 2.56 bits per heavy atom. The zero-order valence-electron chi connectivity index (χ0n) is 10.9. The fourth-order valence-electron chi connectivity index (χ4n) is 2.06. The van der Waals surface area contributed by atoms with Gasteiger partial charge in [-0.05, 0) is 6.07 Å². The van der Waals surface area contributed by atoms with E-state index in [1.165, 1.54) is 13.2 Å². The van der Waals surface area contributed by atoms with Crippen molar-refractivity contribution in [1.82, 2.24) is 4.98 Å². The molecule has 0 aliphatic heterocycles. The molecule has 18 heavy (non-hydrogen) atoms. The maximum absolute atomic E-state index is 13.8. The van der Waals surface area contributed by atoms with E-state index in [1.807, 2.05) is 20.8 Å². The lowest BCUT2D eigenvalue weighted by molar-refractivity contribution is 0.0600. The SMILES string of the molecule is COC(=O)c1c(C(C)(C)C)[nH]c2c(F)cccc12. The summed E-state index contributed by atoms with van der Waals surface area (Å²) in [5, 5.41) is 0.562. The van der Waals surface area contributed by atoms with Crippen molar-refractivity contribution in [2.45, 2.75) is 26.2 Å². The summed E-state index contributed by atoms with van der Waals surface area (Å²) in [7, 11) is 1.33. The highest BCUT2D eigenvalue weighted by atomic mass is 19.1. The number of carbonyl (C=O) groups is 1. The second-order valence-corrected chi connectivity index (χ2v) is 5.28. The van der Waals surface area contributed by atoms with Gasteiger partial charge in [0.15, 0.2) is 0 Å². The van der Waals surface area contributed by atoms with E-state index in [2.05, 4.69) is 4.98 Å². The average molecular weight is 249 g/mol. The predicted molar refractivity (Wildman–Crippen MR) is 68.3 cm³/mol. The van der Waals surface area contributed by atoms with Gasteiger partial charge in [0.05, 0.1) is 18.2 Å². The van der Waals surface area contributed by atoms with Crippen molar-refractivity contribution in [1.29, 1.82) is 0 Å². The first-order chi connectivity index (χ1) is 8.36. The summed E-state index contributed by atoms with van der Waals surface area (Å²) in [4.78, 5) is 14.9. The van der Waals surface area contributed by atoms with E-state index in [0.29, 0.717) is 22.2 Å². The zero-order chi connectivity index (χ0) is 13.5. The fraction of sp³-hybridized carbons (Fsp3) is 0.357. The number of hydrogen-bond acceptors (Lipinski definition) is 2.